The van der Waals surface area contributed by atoms with Crippen molar-refractivity contribution in [3.63, 3.8) is 0 Å². The number of thiazole rings is 1. The number of primary amides is 1. The number of nitrogens with zero attached hydrogens (tertiary/aromatic N) is 1. The number of ether oxygens (including phenoxy) is 1. The first-order chi connectivity index (χ1) is 9.22. The summed E-state index contributed by atoms with van der Waals surface area (Å²) in [6.07, 6.45) is 0. The van der Waals surface area contributed by atoms with Gasteiger partial charge >= 0.3 is 0 Å². The summed E-state index contributed by atoms with van der Waals surface area (Å²) in [5.74, 6) is 0.176. The Morgan fingerprint density at radius 2 is 1.84 bits per heavy atom. The first-order valence-corrected chi connectivity index (χ1v) is 6.47. The lowest BCUT2D eigenvalue weighted by atomic mass is 10.2. The lowest BCUT2D eigenvalue weighted by molar-refractivity contribution is 0.100. The van der Waals surface area contributed by atoms with Gasteiger partial charge in [-0.1, -0.05) is 23.5 Å². The van der Waals surface area contributed by atoms with Crippen LogP contribution in [0.4, 0.5) is 0 Å². The Hall–Kier alpha value is -2.40. The van der Waals surface area contributed by atoms with Gasteiger partial charge in [0, 0.05) is 5.56 Å². The molecule has 0 fully saturated rings. The van der Waals surface area contributed by atoms with E-state index in [9.17, 15) is 4.79 Å². The minimum atomic E-state index is -0.452. The Labute approximate surface area is 113 Å². The third-order valence-corrected chi connectivity index (χ3v) is 3.53. The smallest absolute Gasteiger partial charge is 0.279 e. The monoisotopic (exact) mass is 270 g/mol. The molecule has 4 nitrogen and oxygen atoms in total. The number of nitrogens with two attached hydrogens (primary N) is 1. The maximum atomic E-state index is 11.0. The van der Waals surface area contributed by atoms with E-state index in [0.717, 1.165) is 10.2 Å². The zero-order valence-electron chi connectivity index (χ0n) is 9.87. The van der Waals surface area contributed by atoms with E-state index >= 15 is 0 Å². The number of hydrogen-bond acceptors (Lipinski definition) is 4. The van der Waals surface area contributed by atoms with Gasteiger partial charge in [-0.25, -0.2) is 4.98 Å². The summed E-state index contributed by atoms with van der Waals surface area (Å²) in [4.78, 5) is 15.3. The molecule has 2 N–H and O–H groups in total. The van der Waals surface area contributed by atoms with Crippen LogP contribution >= 0.6 is 11.3 Å². The van der Waals surface area contributed by atoms with E-state index in [4.69, 9.17) is 10.5 Å². The SMILES string of the molecule is NC(=O)c1ccc(Oc2nc3ccccc3s2)cc1. The highest BCUT2D eigenvalue weighted by molar-refractivity contribution is 7.20. The number of rotatable bonds is 3. The van der Waals surface area contributed by atoms with Crippen LogP contribution in [0.25, 0.3) is 10.2 Å². The molecule has 0 aliphatic heterocycles. The molecule has 94 valence electrons. The number of fused-ring (bicyclic) bond motifs is 1. The minimum Gasteiger partial charge on any atom is -0.431 e. The molecule has 1 aromatic heterocycles. The summed E-state index contributed by atoms with van der Waals surface area (Å²) in [5, 5.41) is 0.577. The zero-order valence-corrected chi connectivity index (χ0v) is 10.7. The predicted octanol–water partition coefficient (Wildman–Crippen LogP) is 3.19. The highest BCUT2D eigenvalue weighted by Gasteiger charge is 2.06. The number of carbonyl (C=O) groups excluding carboxylic acids is 1. The molecule has 0 radical (unpaired) electrons. The fraction of sp³-hybridized carbons (Fsp3) is 0. The number of carbonyl (C=O) groups is 1. The fourth-order valence-electron chi connectivity index (χ4n) is 1.68. The molecular formula is C14H10N2O2S. The summed E-state index contributed by atoms with van der Waals surface area (Å²) in [6.45, 7) is 0. The largest absolute Gasteiger partial charge is 0.431 e. The third-order valence-electron chi connectivity index (χ3n) is 2.62. The van der Waals surface area contributed by atoms with E-state index in [0.29, 0.717) is 16.5 Å². The van der Waals surface area contributed by atoms with Gasteiger partial charge in [0.15, 0.2) is 0 Å². The van der Waals surface area contributed by atoms with Crippen molar-refractivity contribution in [2.75, 3.05) is 0 Å². The standard InChI is InChI=1S/C14H10N2O2S/c15-13(17)9-5-7-10(8-6-9)18-14-16-11-3-1-2-4-12(11)19-14/h1-8H,(H2,15,17). The van der Waals surface area contributed by atoms with Gasteiger partial charge in [-0.3, -0.25) is 4.79 Å². The molecule has 5 heteroatoms. The van der Waals surface area contributed by atoms with Crippen LogP contribution in [0.1, 0.15) is 10.4 Å². The van der Waals surface area contributed by atoms with Gasteiger partial charge in [-0.15, -0.1) is 0 Å². The van der Waals surface area contributed by atoms with Crippen LogP contribution in [0.5, 0.6) is 10.9 Å². The Balaban J connectivity index is 1.86. The van der Waals surface area contributed by atoms with Crippen LogP contribution in [0.3, 0.4) is 0 Å². The molecule has 3 rings (SSSR count). The molecule has 2 aromatic carbocycles. The second kappa shape index (κ2) is 4.70. The Morgan fingerprint density at radius 3 is 2.53 bits per heavy atom. The molecule has 0 spiro atoms. The summed E-state index contributed by atoms with van der Waals surface area (Å²) >= 11 is 1.48. The molecule has 0 aliphatic rings. The maximum absolute atomic E-state index is 11.0. The first-order valence-electron chi connectivity index (χ1n) is 5.66. The molecule has 0 bridgehead atoms. The lowest BCUT2D eigenvalue weighted by Gasteiger charge is -2.01. The maximum Gasteiger partial charge on any atom is 0.279 e. The van der Waals surface area contributed by atoms with E-state index < -0.39 is 5.91 Å². The number of para-hydroxylation sites is 1. The molecule has 0 unspecified atom stereocenters. The number of hydrogen-bond donors (Lipinski definition) is 1. The molecule has 3 aromatic rings. The quantitative estimate of drug-likeness (QED) is 0.794. The summed E-state index contributed by atoms with van der Waals surface area (Å²) in [5.41, 5.74) is 6.55. The summed E-state index contributed by atoms with van der Waals surface area (Å²) in [7, 11) is 0. The van der Waals surface area contributed by atoms with Gasteiger partial charge in [0.2, 0.25) is 5.91 Å². The van der Waals surface area contributed by atoms with Crippen molar-refractivity contribution in [3.8, 4) is 10.9 Å². The van der Waals surface area contributed by atoms with E-state index in [1.54, 1.807) is 24.3 Å². The van der Waals surface area contributed by atoms with Crippen molar-refractivity contribution in [1.29, 1.82) is 0 Å². The van der Waals surface area contributed by atoms with Gasteiger partial charge in [0.05, 0.1) is 10.2 Å². The normalized spacial score (nSPS) is 10.5. The predicted molar refractivity (Wildman–Crippen MR) is 74.7 cm³/mol. The second-order valence-corrected chi connectivity index (χ2v) is 4.93. The van der Waals surface area contributed by atoms with Gasteiger partial charge in [0.1, 0.15) is 5.75 Å². The van der Waals surface area contributed by atoms with Gasteiger partial charge in [0.25, 0.3) is 5.19 Å². The van der Waals surface area contributed by atoms with E-state index in [1.165, 1.54) is 11.3 Å². The van der Waals surface area contributed by atoms with Crippen LogP contribution in [-0.4, -0.2) is 10.9 Å². The van der Waals surface area contributed by atoms with Crippen molar-refractivity contribution >= 4 is 27.5 Å². The third kappa shape index (κ3) is 2.41. The van der Waals surface area contributed by atoms with Crippen molar-refractivity contribution in [2.45, 2.75) is 0 Å². The van der Waals surface area contributed by atoms with Crippen LogP contribution in [-0.2, 0) is 0 Å². The number of aromatic nitrogens is 1. The number of benzene rings is 2. The van der Waals surface area contributed by atoms with E-state index in [2.05, 4.69) is 4.98 Å². The molecular weight excluding hydrogens is 260 g/mol. The fourth-order valence-corrected chi connectivity index (χ4v) is 2.52. The molecule has 0 saturated heterocycles. The molecule has 19 heavy (non-hydrogen) atoms. The van der Waals surface area contributed by atoms with Crippen molar-refractivity contribution in [1.82, 2.24) is 4.98 Å². The van der Waals surface area contributed by atoms with Gasteiger partial charge in [-0.05, 0) is 36.4 Å². The minimum absolute atomic E-state index is 0.452. The van der Waals surface area contributed by atoms with Crippen molar-refractivity contribution < 1.29 is 9.53 Å². The van der Waals surface area contributed by atoms with Gasteiger partial charge in [-0.2, -0.15) is 0 Å². The van der Waals surface area contributed by atoms with E-state index in [-0.39, 0.29) is 0 Å². The highest BCUT2D eigenvalue weighted by Crippen LogP contribution is 2.30. The van der Waals surface area contributed by atoms with Crippen LogP contribution in [0.15, 0.2) is 48.5 Å². The summed E-state index contributed by atoms with van der Waals surface area (Å²) < 4.78 is 6.73. The first kappa shape index (κ1) is 11.7. The average molecular weight is 270 g/mol. The van der Waals surface area contributed by atoms with Crippen molar-refractivity contribution in [2.24, 2.45) is 5.73 Å². The zero-order chi connectivity index (χ0) is 13.2. The van der Waals surface area contributed by atoms with Crippen molar-refractivity contribution in [3.05, 3.63) is 54.1 Å². The van der Waals surface area contributed by atoms with Crippen LogP contribution in [0, 0.1) is 0 Å². The number of amides is 1. The molecule has 1 heterocycles. The second-order valence-electron chi connectivity index (χ2n) is 3.94. The average Bonchev–Trinajstić information content (AvgIpc) is 2.81. The summed E-state index contributed by atoms with van der Waals surface area (Å²) in [6, 6.07) is 14.5. The van der Waals surface area contributed by atoms with Gasteiger partial charge < -0.3 is 10.5 Å². The Bertz CT molecular complexity index is 702. The highest BCUT2D eigenvalue weighted by atomic mass is 32.1. The molecule has 0 saturated carbocycles. The van der Waals surface area contributed by atoms with Crippen LogP contribution < -0.4 is 10.5 Å². The Morgan fingerprint density at radius 1 is 1.11 bits per heavy atom. The lowest BCUT2D eigenvalue weighted by Crippen LogP contribution is -2.10. The molecule has 1 amide bonds. The molecule has 0 atom stereocenters. The Kier molecular flexibility index (Phi) is 2.89. The van der Waals surface area contributed by atoms with Crippen LogP contribution in [0.2, 0.25) is 0 Å². The topological polar surface area (TPSA) is 65.2 Å². The molecule has 0 aliphatic carbocycles. The van der Waals surface area contributed by atoms with E-state index in [1.807, 2.05) is 24.3 Å².